The number of amides is 2. The molecule has 2 amide bonds. The zero-order valence-electron chi connectivity index (χ0n) is 19.8. The van der Waals surface area contributed by atoms with E-state index in [0.29, 0.717) is 39.8 Å². The number of sulfonamides is 1. The van der Waals surface area contributed by atoms with Crippen molar-refractivity contribution in [2.24, 2.45) is 0 Å². The molecule has 0 heterocycles. The van der Waals surface area contributed by atoms with Gasteiger partial charge in [-0.3, -0.25) is 13.9 Å². The van der Waals surface area contributed by atoms with Crippen LogP contribution in [0, 0.1) is 6.92 Å². The van der Waals surface area contributed by atoms with Gasteiger partial charge in [-0.05, 0) is 49.1 Å². The Hall–Kier alpha value is -2.29. The number of benzene rings is 2. The summed E-state index contributed by atoms with van der Waals surface area (Å²) >= 11 is 12.5. The zero-order valence-corrected chi connectivity index (χ0v) is 22.2. The highest BCUT2D eigenvalue weighted by Crippen LogP contribution is 2.27. The number of anilines is 1. The van der Waals surface area contributed by atoms with Crippen LogP contribution in [0.4, 0.5) is 5.69 Å². The normalized spacial score (nSPS) is 12.2. The average molecular weight is 529 g/mol. The molecular weight excluding hydrogens is 497 g/mol. The van der Waals surface area contributed by atoms with Gasteiger partial charge in [-0.15, -0.1) is 0 Å². The molecule has 0 radical (unpaired) electrons. The second-order valence-electron chi connectivity index (χ2n) is 8.03. The van der Waals surface area contributed by atoms with Gasteiger partial charge in [0, 0.05) is 23.1 Å². The fourth-order valence-electron chi connectivity index (χ4n) is 3.54. The van der Waals surface area contributed by atoms with Crippen LogP contribution in [0.1, 0.15) is 37.8 Å². The summed E-state index contributed by atoms with van der Waals surface area (Å²) in [6.07, 6.45) is 2.13. The Balaban J connectivity index is 2.48. The van der Waals surface area contributed by atoms with Crippen molar-refractivity contribution >= 4 is 50.7 Å². The molecule has 0 aromatic heterocycles. The van der Waals surface area contributed by atoms with Gasteiger partial charge in [0.25, 0.3) is 0 Å². The minimum atomic E-state index is -3.83. The van der Waals surface area contributed by atoms with Gasteiger partial charge in [0.1, 0.15) is 12.6 Å². The van der Waals surface area contributed by atoms with Gasteiger partial charge in [-0.2, -0.15) is 0 Å². The highest BCUT2D eigenvalue weighted by molar-refractivity contribution is 7.92. The van der Waals surface area contributed by atoms with Gasteiger partial charge in [0.15, 0.2) is 0 Å². The number of rotatable bonds is 11. The van der Waals surface area contributed by atoms with E-state index in [1.807, 2.05) is 6.92 Å². The lowest BCUT2D eigenvalue weighted by Crippen LogP contribution is -2.52. The molecule has 0 unspecified atom stereocenters. The summed E-state index contributed by atoms with van der Waals surface area (Å²) < 4.78 is 26.4. The second-order valence-corrected chi connectivity index (χ2v) is 10.8. The van der Waals surface area contributed by atoms with Crippen molar-refractivity contribution in [1.29, 1.82) is 0 Å². The van der Waals surface area contributed by atoms with Crippen LogP contribution in [0.2, 0.25) is 10.0 Å². The van der Waals surface area contributed by atoms with E-state index in [9.17, 15) is 18.0 Å². The van der Waals surface area contributed by atoms with E-state index in [1.54, 1.807) is 50.2 Å². The molecule has 0 saturated carbocycles. The van der Waals surface area contributed by atoms with E-state index in [2.05, 4.69) is 5.32 Å². The van der Waals surface area contributed by atoms with Crippen molar-refractivity contribution in [3.63, 3.8) is 0 Å². The van der Waals surface area contributed by atoms with Crippen molar-refractivity contribution in [2.45, 2.75) is 46.2 Å². The third kappa shape index (κ3) is 7.35. The first-order valence-corrected chi connectivity index (χ1v) is 13.6. The van der Waals surface area contributed by atoms with Gasteiger partial charge in [-0.1, -0.05) is 61.3 Å². The predicted octanol–water partition coefficient (Wildman–Crippen LogP) is 4.40. The van der Waals surface area contributed by atoms with Crippen LogP contribution in [0.3, 0.4) is 0 Å². The van der Waals surface area contributed by atoms with Crippen LogP contribution < -0.4 is 9.62 Å². The molecule has 0 saturated heterocycles. The van der Waals surface area contributed by atoms with Gasteiger partial charge in [-0.25, -0.2) is 8.42 Å². The number of nitrogens with zero attached hydrogens (tertiary/aromatic N) is 2. The SMILES string of the molecule is CCCNC(=O)[C@H](CC)N(Cc1ccccc1Cl)C(=O)CN(c1cc(Cl)ccc1C)S(C)(=O)=O. The first kappa shape index (κ1) is 28.0. The van der Waals surface area contributed by atoms with E-state index in [4.69, 9.17) is 23.2 Å². The summed E-state index contributed by atoms with van der Waals surface area (Å²) in [6.45, 7) is 5.53. The third-order valence-electron chi connectivity index (χ3n) is 5.35. The lowest BCUT2D eigenvalue weighted by Gasteiger charge is -2.33. The van der Waals surface area contributed by atoms with Crippen LogP contribution in [-0.2, 0) is 26.2 Å². The number of carbonyl (C=O) groups excluding carboxylic acids is 2. The molecule has 186 valence electrons. The molecule has 10 heteroatoms. The molecule has 2 rings (SSSR count). The number of hydrogen-bond acceptors (Lipinski definition) is 4. The summed E-state index contributed by atoms with van der Waals surface area (Å²) in [6, 6.07) is 11.1. The minimum absolute atomic E-state index is 0.0582. The number of aryl methyl sites for hydroxylation is 1. The van der Waals surface area contributed by atoms with Crippen LogP contribution in [0.15, 0.2) is 42.5 Å². The smallest absolute Gasteiger partial charge is 0.244 e. The monoisotopic (exact) mass is 527 g/mol. The minimum Gasteiger partial charge on any atom is -0.354 e. The summed E-state index contributed by atoms with van der Waals surface area (Å²) in [7, 11) is -3.83. The molecule has 0 bridgehead atoms. The summed E-state index contributed by atoms with van der Waals surface area (Å²) in [5.74, 6) is -0.821. The molecule has 2 aromatic carbocycles. The molecular formula is C24H31Cl2N3O4S. The predicted molar refractivity (Wildman–Crippen MR) is 138 cm³/mol. The van der Waals surface area contributed by atoms with Crippen molar-refractivity contribution in [2.75, 3.05) is 23.7 Å². The van der Waals surface area contributed by atoms with Crippen LogP contribution in [0.25, 0.3) is 0 Å². The first-order valence-electron chi connectivity index (χ1n) is 11.0. The van der Waals surface area contributed by atoms with E-state index >= 15 is 0 Å². The largest absolute Gasteiger partial charge is 0.354 e. The van der Waals surface area contributed by atoms with E-state index in [0.717, 1.165) is 17.0 Å². The first-order chi connectivity index (χ1) is 16.0. The molecule has 0 aliphatic heterocycles. The quantitative estimate of drug-likeness (QED) is 0.469. The maximum atomic E-state index is 13.6. The van der Waals surface area contributed by atoms with Gasteiger partial charge in [0.05, 0.1) is 11.9 Å². The number of hydrogen-bond donors (Lipinski definition) is 1. The third-order valence-corrected chi connectivity index (χ3v) is 7.08. The Kier molecular flexibility index (Phi) is 10.2. The van der Waals surface area contributed by atoms with Crippen LogP contribution in [0.5, 0.6) is 0 Å². The van der Waals surface area contributed by atoms with Gasteiger partial charge >= 0.3 is 0 Å². The summed E-state index contributed by atoms with van der Waals surface area (Å²) in [5.41, 5.74) is 1.61. The molecule has 0 aliphatic rings. The highest BCUT2D eigenvalue weighted by atomic mass is 35.5. The fourth-order valence-corrected chi connectivity index (χ4v) is 4.80. The molecule has 0 fully saturated rings. The molecule has 1 N–H and O–H groups in total. The molecule has 1 atom stereocenters. The average Bonchev–Trinajstić information content (AvgIpc) is 2.78. The number of halogens is 2. The lowest BCUT2D eigenvalue weighted by atomic mass is 10.1. The topological polar surface area (TPSA) is 86.8 Å². The number of carbonyl (C=O) groups is 2. The maximum absolute atomic E-state index is 13.6. The fraction of sp³-hybridized carbons (Fsp3) is 0.417. The van der Waals surface area contributed by atoms with Crippen molar-refractivity contribution in [3.05, 3.63) is 63.6 Å². The molecule has 7 nitrogen and oxygen atoms in total. The molecule has 2 aromatic rings. The lowest BCUT2D eigenvalue weighted by molar-refractivity contribution is -0.140. The molecule has 0 spiro atoms. The van der Waals surface area contributed by atoms with Crippen molar-refractivity contribution in [1.82, 2.24) is 10.2 Å². The summed E-state index contributed by atoms with van der Waals surface area (Å²) in [5, 5.41) is 3.64. The van der Waals surface area contributed by atoms with E-state index in [-0.39, 0.29) is 12.5 Å². The Bertz CT molecular complexity index is 1120. The van der Waals surface area contributed by atoms with Crippen LogP contribution >= 0.6 is 23.2 Å². The highest BCUT2D eigenvalue weighted by Gasteiger charge is 2.32. The Morgan fingerprint density at radius 3 is 2.35 bits per heavy atom. The molecule has 0 aliphatic carbocycles. The second kappa shape index (κ2) is 12.4. The van der Waals surface area contributed by atoms with Crippen LogP contribution in [-0.4, -0.2) is 50.5 Å². The Labute approximate surface area is 212 Å². The zero-order chi connectivity index (χ0) is 25.5. The van der Waals surface area contributed by atoms with Crippen molar-refractivity contribution in [3.8, 4) is 0 Å². The van der Waals surface area contributed by atoms with Gasteiger partial charge in [0.2, 0.25) is 21.8 Å². The Morgan fingerprint density at radius 1 is 1.09 bits per heavy atom. The molecule has 34 heavy (non-hydrogen) atoms. The standard InChI is InChI=1S/C24H31Cl2N3O4S/c1-5-13-27-24(31)21(6-2)28(15-18-9-7-8-10-20(18)26)23(30)16-29(34(4,32)33)22-14-19(25)12-11-17(22)3/h7-12,14,21H,5-6,13,15-16H2,1-4H3,(H,27,31)/t21-/m0/s1. The van der Waals surface area contributed by atoms with Gasteiger partial charge < -0.3 is 10.2 Å². The Morgan fingerprint density at radius 2 is 1.76 bits per heavy atom. The number of nitrogens with one attached hydrogen (secondary N) is 1. The van der Waals surface area contributed by atoms with E-state index < -0.39 is 28.5 Å². The maximum Gasteiger partial charge on any atom is 0.244 e. The van der Waals surface area contributed by atoms with Crippen molar-refractivity contribution < 1.29 is 18.0 Å². The summed E-state index contributed by atoms with van der Waals surface area (Å²) in [4.78, 5) is 27.9. The van der Waals surface area contributed by atoms with E-state index in [1.165, 1.54) is 11.0 Å².